The first-order valence-electron chi connectivity index (χ1n) is 6.27. The zero-order chi connectivity index (χ0) is 17.6. The number of nitro benzene ring substituents is 2. The lowest BCUT2D eigenvalue weighted by Gasteiger charge is -2.11. The van der Waals surface area contributed by atoms with E-state index in [4.69, 9.17) is 9.84 Å². The SMILES string of the molecule is C[C@@H](CC(=O)O)NC(=O)OCc1cc([N+](=O)[O-])cc([N+](=O)[O-])c1. The van der Waals surface area contributed by atoms with Gasteiger partial charge in [-0.1, -0.05) is 0 Å². The highest BCUT2D eigenvalue weighted by molar-refractivity contribution is 5.71. The van der Waals surface area contributed by atoms with Crippen molar-refractivity contribution in [2.45, 2.75) is 26.0 Å². The summed E-state index contributed by atoms with van der Waals surface area (Å²) in [4.78, 5) is 41.7. The Balaban J connectivity index is 2.73. The van der Waals surface area contributed by atoms with Crippen molar-refractivity contribution in [2.75, 3.05) is 0 Å². The van der Waals surface area contributed by atoms with Crippen molar-refractivity contribution in [3.63, 3.8) is 0 Å². The summed E-state index contributed by atoms with van der Waals surface area (Å²) in [6.07, 6.45) is -1.25. The van der Waals surface area contributed by atoms with Crippen LogP contribution >= 0.6 is 0 Å². The molecule has 1 aromatic rings. The lowest BCUT2D eigenvalue weighted by molar-refractivity contribution is -0.394. The molecule has 11 nitrogen and oxygen atoms in total. The predicted molar refractivity (Wildman–Crippen MR) is 74.8 cm³/mol. The molecule has 1 amide bonds. The first-order chi connectivity index (χ1) is 10.7. The van der Waals surface area contributed by atoms with E-state index in [1.807, 2.05) is 0 Å². The Morgan fingerprint density at radius 1 is 1.22 bits per heavy atom. The van der Waals surface area contributed by atoms with Crippen molar-refractivity contribution in [1.82, 2.24) is 5.32 Å². The molecule has 0 heterocycles. The molecule has 0 unspecified atom stereocenters. The van der Waals surface area contributed by atoms with Crippen LogP contribution in [0.25, 0.3) is 0 Å². The summed E-state index contributed by atoms with van der Waals surface area (Å²) in [5.41, 5.74) is -0.943. The van der Waals surface area contributed by atoms with Crippen molar-refractivity contribution < 1.29 is 29.3 Å². The number of benzene rings is 1. The fraction of sp³-hybridized carbons (Fsp3) is 0.333. The molecule has 0 aliphatic heterocycles. The van der Waals surface area contributed by atoms with Gasteiger partial charge in [0.05, 0.1) is 22.3 Å². The van der Waals surface area contributed by atoms with E-state index >= 15 is 0 Å². The topological polar surface area (TPSA) is 162 Å². The average Bonchev–Trinajstić information content (AvgIpc) is 2.43. The maximum atomic E-state index is 11.5. The molecule has 1 atom stereocenters. The Kier molecular flexibility index (Phi) is 5.95. The zero-order valence-electron chi connectivity index (χ0n) is 11.9. The van der Waals surface area contributed by atoms with Crippen LogP contribution in [0, 0.1) is 20.2 Å². The highest BCUT2D eigenvalue weighted by Gasteiger charge is 2.18. The molecule has 11 heteroatoms. The molecule has 1 aromatic carbocycles. The maximum Gasteiger partial charge on any atom is 0.407 e. The van der Waals surface area contributed by atoms with Crippen molar-refractivity contribution in [3.8, 4) is 0 Å². The second-order valence-electron chi connectivity index (χ2n) is 4.59. The highest BCUT2D eigenvalue weighted by atomic mass is 16.6. The number of alkyl carbamates (subject to hydrolysis) is 1. The molecule has 0 aliphatic rings. The average molecular weight is 327 g/mol. The molecule has 0 aromatic heterocycles. The molecule has 0 fully saturated rings. The summed E-state index contributed by atoms with van der Waals surface area (Å²) < 4.78 is 4.76. The van der Waals surface area contributed by atoms with Crippen LogP contribution in [0.2, 0.25) is 0 Å². The minimum Gasteiger partial charge on any atom is -0.481 e. The standard InChI is InChI=1S/C12H13N3O8/c1-7(2-11(16)17)13-12(18)23-6-8-3-9(14(19)20)5-10(4-8)15(21)22/h3-5,7H,2,6H2,1H3,(H,13,18)(H,16,17)/t7-/m0/s1. The number of amides is 1. The summed E-state index contributed by atoms with van der Waals surface area (Å²) in [5, 5.41) is 32.2. The van der Waals surface area contributed by atoms with E-state index in [0.29, 0.717) is 0 Å². The number of hydrogen-bond donors (Lipinski definition) is 2. The monoisotopic (exact) mass is 327 g/mol. The number of nitrogens with zero attached hydrogens (tertiary/aromatic N) is 2. The summed E-state index contributed by atoms with van der Waals surface area (Å²) in [6.45, 7) is 1.02. The smallest absolute Gasteiger partial charge is 0.407 e. The number of aliphatic carboxylic acids is 1. The van der Waals surface area contributed by atoms with Crippen LogP contribution in [0.1, 0.15) is 18.9 Å². The number of carbonyl (C=O) groups excluding carboxylic acids is 1. The van der Waals surface area contributed by atoms with Crippen molar-refractivity contribution in [1.29, 1.82) is 0 Å². The van der Waals surface area contributed by atoms with Gasteiger partial charge in [0.15, 0.2) is 0 Å². The van der Waals surface area contributed by atoms with E-state index in [0.717, 1.165) is 18.2 Å². The Labute approximate surface area is 129 Å². The van der Waals surface area contributed by atoms with Gasteiger partial charge in [0.2, 0.25) is 0 Å². The number of carboxylic acids is 1. The number of ether oxygens (including phenoxy) is 1. The van der Waals surface area contributed by atoms with Gasteiger partial charge in [-0.05, 0) is 6.92 Å². The summed E-state index contributed by atoms with van der Waals surface area (Å²) in [5.74, 6) is -1.10. The molecule has 23 heavy (non-hydrogen) atoms. The van der Waals surface area contributed by atoms with Gasteiger partial charge in [-0.2, -0.15) is 0 Å². The van der Waals surface area contributed by atoms with Gasteiger partial charge < -0.3 is 15.2 Å². The molecule has 1 rings (SSSR count). The Hall–Kier alpha value is -3.24. The van der Waals surface area contributed by atoms with E-state index in [1.165, 1.54) is 6.92 Å². The van der Waals surface area contributed by atoms with Crippen molar-refractivity contribution in [3.05, 3.63) is 44.0 Å². The van der Waals surface area contributed by atoms with Crippen LogP contribution in [0.5, 0.6) is 0 Å². The van der Waals surface area contributed by atoms with Gasteiger partial charge in [-0.25, -0.2) is 4.79 Å². The minimum absolute atomic E-state index is 0.0620. The van der Waals surface area contributed by atoms with E-state index in [-0.39, 0.29) is 12.0 Å². The van der Waals surface area contributed by atoms with Gasteiger partial charge in [0, 0.05) is 23.7 Å². The van der Waals surface area contributed by atoms with E-state index in [9.17, 15) is 29.8 Å². The van der Waals surface area contributed by atoms with Crippen molar-refractivity contribution in [2.24, 2.45) is 0 Å². The van der Waals surface area contributed by atoms with Gasteiger partial charge in [0.25, 0.3) is 11.4 Å². The molecule has 124 valence electrons. The van der Waals surface area contributed by atoms with Crippen LogP contribution < -0.4 is 5.32 Å². The quantitative estimate of drug-likeness (QED) is 0.563. The summed E-state index contributed by atoms with van der Waals surface area (Å²) in [7, 11) is 0. The fourth-order valence-corrected chi connectivity index (χ4v) is 1.66. The van der Waals surface area contributed by atoms with Gasteiger partial charge in [-0.15, -0.1) is 0 Å². The van der Waals surface area contributed by atoms with E-state index in [1.54, 1.807) is 0 Å². The predicted octanol–water partition coefficient (Wildman–Crippen LogP) is 1.59. The van der Waals surface area contributed by atoms with Gasteiger partial charge in [0.1, 0.15) is 6.61 Å². The second-order valence-corrected chi connectivity index (χ2v) is 4.59. The van der Waals surface area contributed by atoms with Gasteiger partial charge >= 0.3 is 12.1 Å². The lowest BCUT2D eigenvalue weighted by atomic mass is 10.2. The molecule has 0 saturated heterocycles. The lowest BCUT2D eigenvalue weighted by Crippen LogP contribution is -2.34. The Morgan fingerprint density at radius 2 is 1.74 bits per heavy atom. The first-order valence-corrected chi connectivity index (χ1v) is 6.27. The molecular weight excluding hydrogens is 314 g/mol. The van der Waals surface area contributed by atoms with E-state index in [2.05, 4.69) is 5.32 Å². The molecule has 0 saturated carbocycles. The number of nitrogens with one attached hydrogen (secondary N) is 1. The highest BCUT2D eigenvalue weighted by Crippen LogP contribution is 2.23. The Morgan fingerprint density at radius 3 is 2.17 bits per heavy atom. The number of hydrogen-bond acceptors (Lipinski definition) is 7. The molecule has 0 aliphatic carbocycles. The fourth-order valence-electron chi connectivity index (χ4n) is 1.66. The molecule has 0 radical (unpaired) electrons. The molecule has 2 N–H and O–H groups in total. The molecular formula is C12H13N3O8. The third-order valence-electron chi connectivity index (χ3n) is 2.60. The first kappa shape index (κ1) is 17.8. The zero-order valence-corrected chi connectivity index (χ0v) is 11.9. The molecule has 0 bridgehead atoms. The van der Waals surface area contributed by atoms with Crippen LogP contribution in [0.3, 0.4) is 0 Å². The van der Waals surface area contributed by atoms with Crippen molar-refractivity contribution >= 4 is 23.4 Å². The third-order valence-corrected chi connectivity index (χ3v) is 2.60. The normalized spacial score (nSPS) is 11.3. The Bertz CT molecular complexity index is 613. The largest absolute Gasteiger partial charge is 0.481 e. The number of carbonyl (C=O) groups is 2. The van der Waals surface area contributed by atoms with Crippen LogP contribution in [0.4, 0.5) is 16.2 Å². The van der Waals surface area contributed by atoms with Gasteiger partial charge in [-0.3, -0.25) is 25.0 Å². The maximum absolute atomic E-state index is 11.5. The molecule has 0 spiro atoms. The minimum atomic E-state index is -1.10. The number of rotatable bonds is 7. The van der Waals surface area contributed by atoms with Crippen LogP contribution in [-0.4, -0.2) is 33.1 Å². The van der Waals surface area contributed by atoms with Crippen LogP contribution in [0.15, 0.2) is 18.2 Å². The number of nitro groups is 2. The third kappa shape index (κ3) is 5.95. The second kappa shape index (κ2) is 7.68. The summed E-state index contributed by atoms with van der Waals surface area (Å²) in [6, 6.07) is 2.19. The summed E-state index contributed by atoms with van der Waals surface area (Å²) >= 11 is 0. The number of non-ortho nitro benzene ring substituents is 2. The van der Waals surface area contributed by atoms with Crippen LogP contribution in [-0.2, 0) is 16.1 Å². The number of carboxylic acid groups (broad SMARTS) is 1. The van der Waals surface area contributed by atoms with E-state index < -0.39 is 45.9 Å².